The highest BCUT2D eigenvalue weighted by atomic mass is 35.5. The molecular formula is C24H23Cl3N2O3. The number of rotatable bonds is 4. The summed E-state index contributed by atoms with van der Waals surface area (Å²) in [7, 11) is 0. The molecule has 2 aliphatic carbocycles. The minimum atomic E-state index is -0.691. The van der Waals surface area contributed by atoms with Gasteiger partial charge < -0.3 is 10.2 Å². The molecule has 2 bridgehead atoms. The molecule has 0 heterocycles. The molecule has 2 unspecified atom stereocenters. The number of carbonyl (C=O) groups excluding carboxylic acids is 2. The van der Waals surface area contributed by atoms with Crippen LogP contribution in [0.5, 0.6) is 0 Å². The molecule has 0 radical (unpaired) electrons. The Kier molecular flexibility index (Phi) is 5.81. The van der Waals surface area contributed by atoms with Crippen LogP contribution in [0, 0.1) is 16.2 Å². The first-order chi connectivity index (χ1) is 15.0. The third-order valence-electron chi connectivity index (χ3n) is 7.68. The van der Waals surface area contributed by atoms with E-state index in [0.29, 0.717) is 39.3 Å². The highest BCUT2D eigenvalue weighted by Crippen LogP contribution is 2.71. The number of nitrogens with zero attached hydrogens (tertiary/aromatic N) is 1. The maximum absolute atomic E-state index is 13.5. The van der Waals surface area contributed by atoms with Crippen LogP contribution in [0.15, 0.2) is 47.6 Å². The molecule has 0 aliphatic heterocycles. The fraction of sp³-hybridized carbons (Fsp3) is 0.375. The zero-order valence-corrected chi connectivity index (χ0v) is 20.2. The molecule has 1 N–H and O–H groups in total. The van der Waals surface area contributed by atoms with Gasteiger partial charge in [-0.15, -0.1) is 0 Å². The van der Waals surface area contributed by atoms with Crippen molar-refractivity contribution in [1.29, 1.82) is 0 Å². The second-order valence-electron chi connectivity index (χ2n) is 9.20. The second-order valence-corrected chi connectivity index (χ2v) is 10.4. The van der Waals surface area contributed by atoms with E-state index in [2.05, 4.69) is 31.2 Å². The van der Waals surface area contributed by atoms with Gasteiger partial charge in [0.1, 0.15) is 0 Å². The van der Waals surface area contributed by atoms with E-state index in [9.17, 15) is 9.59 Å². The largest absolute Gasteiger partial charge is 0.367 e. The number of halogens is 3. The summed E-state index contributed by atoms with van der Waals surface area (Å²) in [5.74, 6) is -0.728. The van der Waals surface area contributed by atoms with Gasteiger partial charge in [0.15, 0.2) is 0 Å². The molecule has 2 fully saturated rings. The van der Waals surface area contributed by atoms with Crippen molar-refractivity contribution in [2.45, 2.75) is 40.0 Å². The summed E-state index contributed by atoms with van der Waals surface area (Å²) >= 11 is 18.2. The Hall–Kier alpha value is -2.08. The summed E-state index contributed by atoms with van der Waals surface area (Å²) in [5.41, 5.74) is 0.0534. The molecule has 168 valence electrons. The SMILES string of the molecule is CC12CCC(C(=O)Nc3ccc(Cl)c(Cl)c3)(C/C1=N/OC(=O)c1ccccc1Cl)C2(C)C. The molecule has 0 spiro atoms. The standard InChI is InChI=1S/C24H23Cl3N2O3/c1-22(2)23(3)10-11-24(22,21(31)28-14-8-9-17(26)18(27)12-14)13-19(23)29-32-20(30)15-6-4-5-7-16(15)25/h4-9,12H,10-11,13H2,1-3H3,(H,28,31)/b29-19-. The van der Waals surface area contributed by atoms with Crippen LogP contribution in [-0.2, 0) is 9.63 Å². The third-order valence-corrected chi connectivity index (χ3v) is 8.75. The predicted octanol–water partition coefficient (Wildman–Crippen LogP) is 7.01. The fourth-order valence-electron chi connectivity index (χ4n) is 5.12. The van der Waals surface area contributed by atoms with Gasteiger partial charge >= 0.3 is 5.97 Å². The summed E-state index contributed by atoms with van der Waals surface area (Å²) < 4.78 is 0. The Labute approximate surface area is 202 Å². The lowest BCUT2D eigenvalue weighted by Crippen LogP contribution is -2.43. The van der Waals surface area contributed by atoms with Crippen molar-refractivity contribution in [2.75, 3.05) is 5.32 Å². The quantitative estimate of drug-likeness (QED) is 0.368. The molecular weight excluding hydrogens is 471 g/mol. The number of hydrogen-bond acceptors (Lipinski definition) is 4. The van der Waals surface area contributed by atoms with E-state index in [0.717, 1.165) is 6.42 Å². The third kappa shape index (κ3) is 3.42. The molecule has 2 aromatic rings. The van der Waals surface area contributed by atoms with E-state index >= 15 is 0 Å². The lowest BCUT2D eigenvalue weighted by molar-refractivity contribution is -0.130. The number of oxime groups is 1. The van der Waals surface area contributed by atoms with E-state index in [1.165, 1.54) is 0 Å². The number of anilines is 1. The molecule has 1 amide bonds. The van der Waals surface area contributed by atoms with Crippen LogP contribution >= 0.6 is 34.8 Å². The summed E-state index contributed by atoms with van der Waals surface area (Å²) in [6.45, 7) is 6.23. The number of carbonyl (C=O) groups is 2. The Morgan fingerprint density at radius 1 is 0.969 bits per heavy atom. The van der Waals surface area contributed by atoms with Crippen molar-refractivity contribution in [3.8, 4) is 0 Å². The van der Waals surface area contributed by atoms with Crippen molar-refractivity contribution in [1.82, 2.24) is 0 Å². The summed E-state index contributed by atoms with van der Waals surface area (Å²) in [4.78, 5) is 31.3. The zero-order valence-electron chi connectivity index (χ0n) is 18.0. The fourth-order valence-corrected chi connectivity index (χ4v) is 5.63. The molecule has 2 aromatic carbocycles. The maximum atomic E-state index is 13.5. The zero-order chi connectivity index (χ0) is 23.3. The molecule has 2 aliphatic rings. The molecule has 5 nitrogen and oxygen atoms in total. The van der Waals surface area contributed by atoms with E-state index in [1.807, 2.05) is 0 Å². The Morgan fingerprint density at radius 2 is 1.69 bits per heavy atom. The van der Waals surface area contributed by atoms with Crippen molar-refractivity contribution in [3.05, 3.63) is 63.1 Å². The van der Waals surface area contributed by atoms with E-state index < -0.39 is 16.8 Å². The first kappa shape index (κ1) is 23.1. The highest BCUT2D eigenvalue weighted by molar-refractivity contribution is 6.42. The molecule has 4 rings (SSSR count). The lowest BCUT2D eigenvalue weighted by atomic mass is 9.64. The molecule has 2 atom stereocenters. The minimum absolute atomic E-state index is 0.104. The Bertz CT molecular complexity index is 1150. The van der Waals surface area contributed by atoms with Crippen LogP contribution in [0.3, 0.4) is 0 Å². The number of fused-ring (bicyclic) bond motifs is 2. The van der Waals surface area contributed by atoms with Gasteiger partial charge in [-0.1, -0.05) is 72.9 Å². The van der Waals surface area contributed by atoms with Gasteiger partial charge in [0.25, 0.3) is 0 Å². The van der Waals surface area contributed by atoms with Gasteiger partial charge in [-0.2, -0.15) is 0 Å². The first-order valence-electron chi connectivity index (χ1n) is 10.3. The molecule has 2 saturated carbocycles. The van der Waals surface area contributed by atoms with Crippen LogP contribution in [0.2, 0.25) is 15.1 Å². The van der Waals surface area contributed by atoms with Crippen molar-refractivity contribution in [2.24, 2.45) is 21.4 Å². The van der Waals surface area contributed by atoms with Crippen LogP contribution < -0.4 is 5.32 Å². The topological polar surface area (TPSA) is 67.8 Å². The average molecular weight is 494 g/mol. The van der Waals surface area contributed by atoms with Gasteiger partial charge in [-0.05, 0) is 48.6 Å². The number of hydrogen-bond donors (Lipinski definition) is 1. The van der Waals surface area contributed by atoms with Crippen molar-refractivity contribution < 1.29 is 14.4 Å². The van der Waals surface area contributed by atoms with Crippen LogP contribution in [0.25, 0.3) is 0 Å². The number of amides is 1. The van der Waals surface area contributed by atoms with E-state index in [1.54, 1.807) is 42.5 Å². The smallest absolute Gasteiger partial charge is 0.326 e. The van der Waals surface area contributed by atoms with Crippen LogP contribution in [0.1, 0.15) is 50.4 Å². The van der Waals surface area contributed by atoms with Gasteiger partial charge in [0.2, 0.25) is 5.91 Å². The Balaban J connectivity index is 1.60. The Morgan fingerprint density at radius 3 is 2.38 bits per heavy atom. The lowest BCUT2D eigenvalue weighted by Gasteiger charge is -2.39. The second kappa shape index (κ2) is 8.05. The molecule has 0 aromatic heterocycles. The van der Waals surface area contributed by atoms with Gasteiger partial charge in [-0.25, -0.2) is 4.79 Å². The molecule has 32 heavy (non-hydrogen) atoms. The average Bonchev–Trinajstić information content (AvgIpc) is 3.05. The van der Waals surface area contributed by atoms with Gasteiger partial charge in [-0.3, -0.25) is 4.79 Å². The van der Waals surface area contributed by atoms with E-state index in [4.69, 9.17) is 39.6 Å². The van der Waals surface area contributed by atoms with Crippen LogP contribution in [-0.4, -0.2) is 17.6 Å². The normalized spacial score (nSPS) is 26.9. The van der Waals surface area contributed by atoms with Crippen LogP contribution in [0.4, 0.5) is 5.69 Å². The first-order valence-corrected chi connectivity index (χ1v) is 11.4. The summed E-state index contributed by atoms with van der Waals surface area (Å²) in [5, 5.41) is 8.34. The highest BCUT2D eigenvalue weighted by Gasteiger charge is 2.71. The maximum Gasteiger partial charge on any atom is 0.367 e. The van der Waals surface area contributed by atoms with Gasteiger partial charge in [0, 0.05) is 17.5 Å². The van der Waals surface area contributed by atoms with Crippen molar-refractivity contribution >= 4 is 58.1 Å². The van der Waals surface area contributed by atoms with Gasteiger partial charge in [0.05, 0.1) is 31.8 Å². The monoisotopic (exact) mass is 492 g/mol. The predicted molar refractivity (Wildman–Crippen MR) is 128 cm³/mol. The summed E-state index contributed by atoms with van der Waals surface area (Å²) in [6.07, 6.45) is 1.87. The molecule has 0 saturated heterocycles. The van der Waals surface area contributed by atoms with E-state index in [-0.39, 0.29) is 16.9 Å². The minimum Gasteiger partial charge on any atom is -0.326 e. The number of benzene rings is 2. The summed E-state index contributed by atoms with van der Waals surface area (Å²) in [6, 6.07) is 11.7. The number of nitrogens with one attached hydrogen (secondary N) is 1. The van der Waals surface area contributed by atoms with Crippen molar-refractivity contribution in [3.63, 3.8) is 0 Å². The molecule has 8 heteroatoms.